The summed E-state index contributed by atoms with van der Waals surface area (Å²) in [7, 11) is -10.6. The predicted octanol–water partition coefficient (Wildman–Crippen LogP) is -0.801. The van der Waals surface area contributed by atoms with Gasteiger partial charge in [-0.1, -0.05) is 0 Å². The molecule has 0 aliphatic carbocycles. The first kappa shape index (κ1) is 28.0. The lowest BCUT2D eigenvalue weighted by Gasteiger charge is -2.36. The smallest absolute Gasteiger partial charge is 0.390 e. The molecule has 3 heterocycles. The summed E-state index contributed by atoms with van der Waals surface area (Å²) in [5, 5.41) is 20.2. The van der Waals surface area contributed by atoms with Gasteiger partial charge < -0.3 is 29.5 Å². The first-order valence-electron chi connectivity index (χ1n) is 10.3. The van der Waals surface area contributed by atoms with Gasteiger partial charge in [0.15, 0.2) is 12.1 Å². The van der Waals surface area contributed by atoms with E-state index < -0.39 is 82.1 Å². The highest BCUT2D eigenvalue weighted by Gasteiger charge is 2.47. The lowest BCUT2D eigenvalue weighted by Crippen LogP contribution is -2.51. The Labute approximate surface area is 197 Å². The number of aromatic amines is 1. The maximum absolute atomic E-state index is 12.2. The first-order chi connectivity index (χ1) is 16.0. The van der Waals surface area contributed by atoms with Gasteiger partial charge in [0.05, 0.1) is 12.7 Å². The molecule has 2 unspecified atom stereocenters. The van der Waals surface area contributed by atoms with Crippen molar-refractivity contribution < 1.29 is 56.8 Å². The second-order valence-corrected chi connectivity index (χ2v) is 11.4. The number of aryl methyl sites for hydroxylation is 1. The van der Waals surface area contributed by atoms with Crippen molar-refractivity contribution in [1.29, 1.82) is 0 Å². The summed E-state index contributed by atoms with van der Waals surface area (Å²) in [4.78, 5) is 57.1. The molecule has 3 rings (SSSR count). The van der Waals surface area contributed by atoms with Crippen LogP contribution in [0.4, 0.5) is 0 Å². The molecule has 18 heteroatoms. The average Bonchev–Trinajstić information content (AvgIpc) is 3.06. The van der Waals surface area contributed by atoms with E-state index in [0.29, 0.717) is 0 Å². The lowest BCUT2D eigenvalue weighted by molar-refractivity contribution is -0.201. The minimum absolute atomic E-state index is 0.131. The van der Waals surface area contributed by atoms with Crippen LogP contribution in [0.1, 0.15) is 38.5 Å². The summed E-state index contributed by atoms with van der Waals surface area (Å²) in [6.07, 6.45) is -5.81. The van der Waals surface area contributed by atoms with Gasteiger partial charge in [0.2, 0.25) is 0 Å². The number of ketones is 1. The molecule has 5 N–H and O–H groups in total. The summed E-state index contributed by atoms with van der Waals surface area (Å²) in [5.41, 5.74) is -3.12. The van der Waals surface area contributed by atoms with E-state index in [1.165, 1.54) is 20.0 Å². The summed E-state index contributed by atoms with van der Waals surface area (Å²) >= 11 is 0. The van der Waals surface area contributed by atoms with Gasteiger partial charge in [0.25, 0.3) is 5.56 Å². The quantitative estimate of drug-likeness (QED) is 0.252. The van der Waals surface area contributed by atoms with Crippen molar-refractivity contribution in [1.82, 2.24) is 9.55 Å². The van der Waals surface area contributed by atoms with Crippen LogP contribution in [0.3, 0.4) is 0 Å². The number of aliphatic hydroxyl groups excluding tert-OH is 1. The number of ether oxygens (including phenoxy) is 2. The van der Waals surface area contributed by atoms with Gasteiger partial charge in [-0.05, 0) is 20.8 Å². The second-order valence-electron chi connectivity index (χ2n) is 8.38. The van der Waals surface area contributed by atoms with Crippen molar-refractivity contribution in [3.05, 3.63) is 32.6 Å². The molecule has 0 spiro atoms. The molecule has 0 radical (unpaired) electrons. The van der Waals surface area contributed by atoms with E-state index in [-0.39, 0.29) is 12.0 Å². The van der Waals surface area contributed by atoms with E-state index in [0.717, 1.165) is 11.5 Å². The largest absolute Gasteiger partial charge is 0.483 e. The van der Waals surface area contributed by atoms with Gasteiger partial charge in [0, 0.05) is 24.6 Å². The standard InChI is InChI=1S/C17H26N2O14P2/c1-8-6-19(16(23)18-15(8)22)12-4-10(20)11(31-12)7-29-34(25,26)33-35(27,28)32-13-5-17(3,24)14(21)9(2)30-13/h6,9-13,20,24H,4-5,7H2,1-3H3,(H,25,26)(H,27,28)(H,18,22,23)/t9-,10+,11-,12-,13-,17+/m1/s1. The minimum Gasteiger partial charge on any atom is -0.390 e. The highest BCUT2D eigenvalue weighted by molar-refractivity contribution is 7.61. The normalized spacial score (nSPS) is 34.9. The molecule has 35 heavy (non-hydrogen) atoms. The zero-order valence-corrected chi connectivity index (χ0v) is 20.6. The van der Waals surface area contributed by atoms with E-state index >= 15 is 0 Å². The van der Waals surface area contributed by atoms with Gasteiger partial charge in [0.1, 0.15) is 24.0 Å². The van der Waals surface area contributed by atoms with Gasteiger partial charge >= 0.3 is 21.3 Å². The number of phosphoric ester groups is 2. The number of rotatable bonds is 8. The van der Waals surface area contributed by atoms with Crippen LogP contribution >= 0.6 is 15.6 Å². The average molecular weight is 544 g/mol. The predicted molar refractivity (Wildman–Crippen MR) is 113 cm³/mol. The molecule has 8 atom stereocenters. The van der Waals surface area contributed by atoms with E-state index in [1.807, 2.05) is 0 Å². The number of phosphoric acid groups is 2. The highest BCUT2D eigenvalue weighted by Crippen LogP contribution is 2.61. The van der Waals surface area contributed by atoms with E-state index in [2.05, 4.69) is 18.3 Å². The number of carbonyl (C=O) groups is 1. The molecule has 1 aromatic heterocycles. The molecule has 0 saturated carbocycles. The van der Waals surface area contributed by atoms with E-state index in [9.17, 15) is 43.5 Å². The molecule has 0 aromatic carbocycles. The number of carbonyl (C=O) groups excluding carboxylic acids is 1. The van der Waals surface area contributed by atoms with Gasteiger partial charge in [-0.15, -0.1) is 0 Å². The second kappa shape index (κ2) is 10.1. The van der Waals surface area contributed by atoms with Crippen molar-refractivity contribution >= 4 is 21.4 Å². The Kier molecular flexibility index (Phi) is 8.07. The molecule has 0 amide bonds. The van der Waals surface area contributed by atoms with Crippen LogP contribution in [0.15, 0.2) is 15.8 Å². The number of Topliss-reactive ketones (excluding diaryl/α,β-unsaturated/α-hetero) is 1. The van der Waals surface area contributed by atoms with Crippen molar-refractivity contribution in [3.63, 3.8) is 0 Å². The van der Waals surface area contributed by atoms with Crippen molar-refractivity contribution in [2.24, 2.45) is 0 Å². The number of aromatic nitrogens is 2. The van der Waals surface area contributed by atoms with Crippen LogP contribution in [0.25, 0.3) is 0 Å². The third-order valence-corrected chi connectivity index (χ3v) is 7.97. The Morgan fingerprint density at radius 1 is 1.23 bits per heavy atom. The van der Waals surface area contributed by atoms with Crippen LogP contribution in [0.5, 0.6) is 0 Å². The fourth-order valence-electron chi connectivity index (χ4n) is 3.59. The van der Waals surface area contributed by atoms with E-state index in [1.54, 1.807) is 0 Å². The number of H-pyrrole nitrogens is 1. The van der Waals surface area contributed by atoms with Crippen molar-refractivity contribution in [3.8, 4) is 0 Å². The van der Waals surface area contributed by atoms with Gasteiger partial charge in [-0.3, -0.25) is 28.2 Å². The van der Waals surface area contributed by atoms with Crippen molar-refractivity contribution in [2.75, 3.05) is 6.61 Å². The topological polar surface area (TPSA) is 233 Å². The zero-order chi connectivity index (χ0) is 26.3. The molecule has 0 bridgehead atoms. The monoisotopic (exact) mass is 544 g/mol. The Morgan fingerprint density at radius 3 is 2.51 bits per heavy atom. The maximum Gasteiger partial charge on any atom is 0.483 e. The van der Waals surface area contributed by atoms with Crippen LogP contribution in [-0.4, -0.2) is 72.1 Å². The van der Waals surface area contributed by atoms with Gasteiger partial charge in [-0.25, -0.2) is 13.9 Å². The number of nitrogens with one attached hydrogen (secondary N) is 1. The molecular formula is C17H26N2O14P2. The SMILES string of the molecule is Cc1cn([C@H]2C[C@H](O)[C@@H](COP(=O)(O)OP(=O)(O)O[C@@H]3C[C@](C)(O)C(=O)[C@@H](C)O3)O2)c(=O)[nH]c1=O. The van der Waals surface area contributed by atoms with Crippen LogP contribution in [0, 0.1) is 6.92 Å². The Balaban J connectivity index is 1.58. The minimum atomic E-state index is -5.31. The fourth-order valence-corrected chi connectivity index (χ4v) is 5.73. The summed E-state index contributed by atoms with van der Waals surface area (Å²) in [6, 6.07) is 0. The van der Waals surface area contributed by atoms with Gasteiger partial charge in [-0.2, -0.15) is 4.31 Å². The fraction of sp³-hybridized carbons (Fsp3) is 0.706. The number of nitrogens with zero attached hydrogens (tertiary/aromatic N) is 1. The maximum atomic E-state index is 12.2. The third kappa shape index (κ3) is 6.81. The zero-order valence-electron chi connectivity index (χ0n) is 18.8. The highest BCUT2D eigenvalue weighted by atomic mass is 31.3. The summed E-state index contributed by atoms with van der Waals surface area (Å²) in [6.45, 7) is 3.09. The number of aliphatic hydroxyl groups is 2. The Hall–Kier alpha value is -1.55. The molecule has 198 valence electrons. The van der Waals surface area contributed by atoms with Crippen LogP contribution in [0.2, 0.25) is 0 Å². The lowest BCUT2D eigenvalue weighted by atomic mass is 9.91. The molecule has 1 aromatic rings. The van der Waals surface area contributed by atoms with Crippen molar-refractivity contribution in [2.45, 2.75) is 70.0 Å². The Bertz CT molecular complexity index is 1180. The van der Waals surface area contributed by atoms with E-state index in [4.69, 9.17) is 9.47 Å². The first-order valence-corrected chi connectivity index (χ1v) is 13.3. The molecule has 2 aliphatic rings. The molecular weight excluding hydrogens is 518 g/mol. The number of hydrogen-bond donors (Lipinski definition) is 5. The molecule has 2 aliphatic heterocycles. The Morgan fingerprint density at radius 2 is 1.89 bits per heavy atom. The third-order valence-electron chi connectivity index (χ3n) is 5.34. The number of hydrogen-bond acceptors (Lipinski definition) is 12. The molecule has 2 fully saturated rings. The molecule has 16 nitrogen and oxygen atoms in total. The van der Waals surface area contributed by atoms with Crippen LogP contribution < -0.4 is 11.2 Å². The van der Waals surface area contributed by atoms with Crippen LogP contribution in [-0.2, 0) is 36.8 Å². The summed E-state index contributed by atoms with van der Waals surface area (Å²) < 4.78 is 49.5. The molecule has 2 saturated heterocycles. The summed E-state index contributed by atoms with van der Waals surface area (Å²) in [5.74, 6) is -0.685.